The molecular weight excluding hydrogens is 244 g/mol. The van der Waals surface area contributed by atoms with Crippen LogP contribution >= 0.6 is 0 Å². The lowest BCUT2D eigenvalue weighted by Crippen LogP contribution is -2.45. The van der Waals surface area contributed by atoms with E-state index in [-0.39, 0.29) is 11.9 Å². The predicted octanol–water partition coefficient (Wildman–Crippen LogP) is -0.271. The van der Waals surface area contributed by atoms with Crippen LogP contribution in [-0.4, -0.2) is 52.4 Å². The minimum absolute atomic E-state index is 0.0424. The summed E-state index contributed by atoms with van der Waals surface area (Å²) in [4.78, 5) is 13.4. The first-order valence-electron chi connectivity index (χ1n) is 6.47. The van der Waals surface area contributed by atoms with E-state index < -0.39 is 12.2 Å². The lowest BCUT2D eigenvalue weighted by Gasteiger charge is -2.26. The van der Waals surface area contributed by atoms with E-state index in [0.717, 1.165) is 5.56 Å². The molecule has 3 N–H and O–H groups in total. The molecule has 19 heavy (non-hydrogen) atoms. The number of nitrogens with one attached hydrogen (secondary N) is 1. The van der Waals surface area contributed by atoms with E-state index in [1.165, 1.54) is 6.92 Å². The molecule has 1 aliphatic rings. The van der Waals surface area contributed by atoms with E-state index in [1.807, 2.05) is 30.3 Å². The van der Waals surface area contributed by atoms with Crippen LogP contribution in [0.4, 0.5) is 0 Å². The molecule has 1 amide bonds. The van der Waals surface area contributed by atoms with Gasteiger partial charge in [0.1, 0.15) is 0 Å². The van der Waals surface area contributed by atoms with Crippen molar-refractivity contribution in [2.75, 3.05) is 13.1 Å². The predicted molar refractivity (Wildman–Crippen MR) is 71.3 cm³/mol. The van der Waals surface area contributed by atoms with Crippen molar-refractivity contribution in [1.29, 1.82) is 0 Å². The molecule has 0 saturated carbocycles. The molecule has 1 saturated heterocycles. The maximum Gasteiger partial charge on any atom is 0.219 e. The first-order valence-corrected chi connectivity index (χ1v) is 6.47. The van der Waals surface area contributed by atoms with Gasteiger partial charge in [-0.15, -0.1) is 0 Å². The fourth-order valence-corrected chi connectivity index (χ4v) is 2.30. The standard InChI is InChI=1S/C14H20N2O3/c1-10(17)16(8-11-5-3-2-4-6-11)9-12-14(19)13(18)7-15-12/h2-6,12-15,18-19H,7-9H2,1H3/t12-,13+,14-/m1/s1. The van der Waals surface area contributed by atoms with Crippen LogP contribution in [-0.2, 0) is 11.3 Å². The number of aliphatic hydroxyl groups is 2. The summed E-state index contributed by atoms with van der Waals surface area (Å²) >= 11 is 0. The Morgan fingerprint density at radius 2 is 2.05 bits per heavy atom. The third kappa shape index (κ3) is 3.53. The molecular formula is C14H20N2O3. The zero-order valence-electron chi connectivity index (χ0n) is 11.0. The highest BCUT2D eigenvalue weighted by molar-refractivity contribution is 5.73. The molecule has 1 aromatic carbocycles. The topological polar surface area (TPSA) is 72.8 Å². The zero-order chi connectivity index (χ0) is 13.8. The molecule has 0 spiro atoms. The summed E-state index contributed by atoms with van der Waals surface area (Å²) < 4.78 is 0. The van der Waals surface area contributed by atoms with Crippen LogP contribution in [0, 0.1) is 0 Å². The van der Waals surface area contributed by atoms with E-state index >= 15 is 0 Å². The fourth-order valence-electron chi connectivity index (χ4n) is 2.30. The number of hydrogen-bond acceptors (Lipinski definition) is 4. The highest BCUT2D eigenvalue weighted by atomic mass is 16.3. The number of aliphatic hydroxyl groups excluding tert-OH is 2. The molecule has 1 aromatic rings. The number of carbonyl (C=O) groups is 1. The Morgan fingerprint density at radius 1 is 1.37 bits per heavy atom. The summed E-state index contributed by atoms with van der Waals surface area (Å²) in [6.45, 7) is 2.78. The smallest absolute Gasteiger partial charge is 0.219 e. The van der Waals surface area contributed by atoms with Gasteiger partial charge in [-0.1, -0.05) is 30.3 Å². The number of amides is 1. The molecule has 3 atom stereocenters. The molecule has 0 aliphatic carbocycles. The highest BCUT2D eigenvalue weighted by Crippen LogP contribution is 2.12. The summed E-state index contributed by atoms with van der Waals surface area (Å²) in [5.74, 6) is -0.0424. The monoisotopic (exact) mass is 264 g/mol. The van der Waals surface area contributed by atoms with Gasteiger partial charge in [-0.25, -0.2) is 0 Å². The Kier molecular flexibility index (Phi) is 4.52. The Labute approximate surface area is 112 Å². The molecule has 5 nitrogen and oxygen atoms in total. The van der Waals surface area contributed by atoms with Gasteiger partial charge in [0.2, 0.25) is 5.91 Å². The summed E-state index contributed by atoms with van der Waals surface area (Å²) in [5.41, 5.74) is 1.05. The van der Waals surface area contributed by atoms with Crippen molar-refractivity contribution in [3.8, 4) is 0 Å². The zero-order valence-corrected chi connectivity index (χ0v) is 11.0. The molecule has 2 rings (SSSR count). The highest BCUT2D eigenvalue weighted by Gasteiger charge is 2.34. The van der Waals surface area contributed by atoms with Gasteiger partial charge in [-0.3, -0.25) is 4.79 Å². The summed E-state index contributed by atoms with van der Waals surface area (Å²) in [6, 6.07) is 9.44. The number of hydrogen-bond donors (Lipinski definition) is 3. The van der Waals surface area contributed by atoms with Crippen LogP contribution in [0.2, 0.25) is 0 Å². The second kappa shape index (κ2) is 6.14. The molecule has 104 valence electrons. The maximum absolute atomic E-state index is 11.7. The van der Waals surface area contributed by atoms with Crippen molar-refractivity contribution in [2.45, 2.75) is 31.7 Å². The van der Waals surface area contributed by atoms with Gasteiger partial charge in [0.15, 0.2) is 0 Å². The van der Waals surface area contributed by atoms with Crippen molar-refractivity contribution in [2.24, 2.45) is 0 Å². The van der Waals surface area contributed by atoms with E-state index in [2.05, 4.69) is 5.32 Å². The van der Waals surface area contributed by atoms with Gasteiger partial charge in [-0.05, 0) is 5.56 Å². The Hall–Kier alpha value is -1.43. The molecule has 0 bridgehead atoms. The second-order valence-corrected chi connectivity index (χ2v) is 4.96. The summed E-state index contributed by atoms with van der Waals surface area (Å²) in [6.07, 6.45) is -1.58. The molecule has 0 unspecified atom stereocenters. The van der Waals surface area contributed by atoms with E-state index in [4.69, 9.17) is 0 Å². The lowest BCUT2D eigenvalue weighted by atomic mass is 10.1. The summed E-state index contributed by atoms with van der Waals surface area (Å²) in [5, 5.41) is 22.3. The first-order chi connectivity index (χ1) is 9.08. The summed E-state index contributed by atoms with van der Waals surface area (Å²) in [7, 11) is 0. The van der Waals surface area contributed by atoms with Crippen LogP contribution < -0.4 is 5.32 Å². The number of rotatable bonds is 4. The average Bonchev–Trinajstić information content (AvgIpc) is 2.71. The number of benzene rings is 1. The van der Waals surface area contributed by atoms with Crippen LogP contribution in [0.25, 0.3) is 0 Å². The van der Waals surface area contributed by atoms with Crippen LogP contribution in [0.15, 0.2) is 30.3 Å². The molecule has 0 radical (unpaired) electrons. The largest absolute Gasteiger partial charge is 0.389 e. The van der Waals surface area contributed by atoms with Crippen LogP contribution in [0.5, 0.6) is 0 Å². The van der Waals surface area contributed by atoms with Gasteiger partial charge in [0.05, 0.1) is 18.2 Å². The van der Waals surface area contributed by atoms with Crippen molar-refractivity contribution < 1.29 is 15.0 Å². The minimum Gasteiger partial charge on any atom is -0.389 e. The maximum atomic E-state index is 11.7. The minimum atomic E-state index is -0.822. The molecule has 1 aliphatic heterocycles. The number of β-amino-alcohol motifs (C(OH)–C–C–N with tert-alkyl or cyclic N) is 1. The fraction of sp³-hybridized carbons (Fsp3) is 0.500. The Morgan fingerprint density at radius 3 is 2.58 bits per heavy atom. The van der Waals surface area contributed by atoms with Gasteiger partial charge >= 0.3 is 0 Å². The third-order valence-electron chi connectivity index (χ3n) is 3.47. The van der Waals surface area contributed by atoms with Crippen LogP contribution in [0.1, 0.15) is 12.5 Å². The van der Waals surface area contributed by atoms with E-state index in [1.54, 1.807) is 4.90 Å². The molecule has 1 heterocycles. The van der Waals surface area contributed by atoms with Crippen molar-refractivity contribution in [3.63, 3.8) is 0 Å². The van der Waals surface area contributed by atoms with Gasteiger partial charge in [-0.2, -0.15) is 0 Å². The van der Waals surface area contributed by atoms with E-state index in [9.17, 15) is 15.0 Å². The van der Waals surface area contributed by atoms with Crippen LogP contribution in [0.3, 0.4) is 0 Å². The van der Waals surface area contributed by atoms with Crippen molar-refractivity contribution in [1.82, 2.24) is 10.2 Å². The molecule has 1 fully saturated rings. The van der Waals surface area contributed by atoms with Gasteiger partial charge in [0, 0.05) is 26.6 Å². The number of carbonyl (C=O) groups excluding carboxylic acids is 1. The van der Waals surface area contributed by atoms with Crippen molar-refractivity contribution in [3.05, 3.63) is 35.9 Å². The Bertz CT molecular complexity index is 424. The average molecular weight is 264 g/mol. The molecule has 5 heteroatoms. The van der Waals surface area contributed by atoms with Gasteiger partial charge in [0.25, 0.3) is 0 Å². The first kappa shape index (κ1) is 14.0. The van der Waals surface area contributed by atoms with E-state index in [0.29, 0.717) is 19.6 Å². The van der Waals surface area contributed by atoms with Gasteiger partial charge < -0.3 is 20.4 Å². The third-order valence-corrected chi connectivity index (χ3v) is 3.47. The quantitative estimate of drug-likeness (QED) is 0.700. The van der Waals surface area contributed by atoms with Crippen molar-refractivity contribution >= 4 is 5.91 Å². The lowest BCUT2D eigenvalue weighted by molar-refractivity contribution is -0.130. The Balaban J connectivity index is 1.99. The number of nitrogens with zero attached hydrogens (tertiary/aromatic N) is 1. The molecule has 0 aromatic heterocycles. The second-order valence-electron chi connectivity index (χ2n) is 4.96. The normalized spacial score (nSPS) is 26.4. The SMILES string of the molecule is CC(=O)N(Cc1ccccc1)C[C@H]1NC[C@H](O)[C@@H]1O.